The Labute approximate surface area is 181 Å². The van der Waals surface area contributed by atoms with E-state index in [0.29, 0.717) is 11.1 Å². The summed E-state index contributed by atoms with van der Waals surface area (Å²) in [4.78, 5) is 49.3. The summed E-state index contributed by atoms with van der Waals surface area (Å²) in [6, 6.07) is 6.34. The zero-order chi connectivity index (χ0) is 22.7. The maximum Gasteiger partial charge on any atom is 0.355 e. The van der Waals surface area contributed by atoms with Crippen LogP contribution in [0.25, 0.3) is 0 Å². The molecule has 0 bridgehead atoms. The van der Waals surface area contributed by atoms with Gasteiger partial charge in [-0.2, -0.15) is 0 Å². The predicted octanol–water partition coefficient (Wildman–Crippen LogP) is 0.279. The highest BCUT2D eigenvalue weighted by molar-refractivity contribution is 7.92. The summed E-state index contributed by atoms with van der Waals surface area (Å²) < 4.78 is 32.6. The topological polar surface area (TPSA) is 132 Å². The van der Waals surface area contributed by atoms with Crippen molar-refractivity contribution in [3.8, 4) is 0 Å². The highest BCUT2D eigenvalue weighted by atomic mass is 32.2. The second-order valence-corrected chi connectivity index (χ2v) is 8.31. The molecule has 31 heavy (non-hydrogen) atoms. The fraction of sp³-hybridized carbons (Fsp3) is 0.400. The molecule has 0 aliphatic carbocycles. The van der Waals surface area contributed by atoms with Crippen molar-refractivity contribution >= 4 is 35.0 Å². The number of esters is 3. The van der Waals surface area contributed by atoms with Crippen LogP contribution in [0.4, 0.5) is 0 Å². The SMILES string of the molecule is COC(=O)c1cccc(COC(=O)C2=C(COC(C)=O)C[S+]([O-])C3C(OC)C(=O)N23)c1. The van der Waals surface area contributed by atoms with Crippen LogP contribution >= 0.6 is 0 Å². The lowest BCUT2D eigenvalue weighted by Crippen LogP contribution is -2.70. The Morgan fingerprint density at radius 1 is 1.16 bits per heavy atom. The van der Waals surface area contributed by atoms with Gasteiger partial charge in [-0.05, 0) is 28.9 Å². The number of amides is 1. The van der Waals surface area contributed by atoms with Crippen LogP contribution in [0.15, 0.2) is 35.5 Å². The number of β-lactam (4-membered cyclic amide) rings is 1. The van der Waals surface area contributed by atoms with Crippen LogP contribution in [0.5, 0.6) is 0 Å². The number of rotatable bonds is 7. The Kier molecular flexibility index (Phi) is 6.98. The Morgan fingerprint density at radius 2 is 1.90 bits per heavy atom. The van der Waals surface area contributed by atoms with Crippen molar-refractivity contribution < 1.29 is 42.7 Å². The third-order valence-corrected chi connectivity index (χ3v) is 6.40. The highest BCUT2D eigenvalue weighted by Gasteiger charge is 2.61. The number of ether oxygens (including phenoxy) is 4. The lowest BCUT2D eigenvalue weighted by Gasteiger charge is -2.48. The van der Waals surface area contributed by atoms with Crippen molar-refractivity contribution in [2.45, 2.75) is 25.0 Å². The van der Waals surface area contributed by atoms with E-state index >= 15 is 0 Å². The fourth-order valence-corrected chi connectivity index (χ4v) is 4.99. The molecule has 2 aliphatic heterocycles. The molecule has 11 heteroatoms. The largest absolute Gasteiger partial charge is 0.614 e. The van der Waals surface area contributed by atoms with Gasteiger partial charge in [-0.3, -0.25) is 14.5 Å². The lowest BCUT2D eigenvalue weighted by atomic mass is 10.1. The van der Waals surface area contributed by atoms with Gasteiger partial charge in [0.15, 0.2) is 0 Å². The smallest absolute Gasteiger partial charge is 0.355 e. The molecule has 2 heterocycles. The number of hydrogen-bond acceptors (Lipinski definition) is 9. The van der Waals surface area contributed by atoms with Crippen molar-refractivity contribution in [1.82, 2.24) is 4.90 Å². The molecule has 1 saturated heterocycles. The molecule has 0 aromatic heterocycles. The highest BCUT2D eigenvalue weighted by Crippen LogP contribution is 2.38. The second-order valence-electron chi connectivity index (χ2n) is 6.78. The van der Waals surface area contributed by atoms with E-state index in [-0.39, 0.29) is 30.2 Å². The molecule has 1 amide bonds. The first-order valence-corrected chi connectivity index (χ1v) is 10.6. The van der Waals surface area contributed by atoms with Crippen LogP contribution in [0.1, 0.15) is 22.8 Å². The number of hydrogen-bond donors (Lipinski definition) is 0. The summed E-state index contributed by atoms with van der Waals surface area (Å²) in [6.07, 6.45) is -0.921. The maximum atomic E-state index is 12.9. The van der Waals surface area contributed by atoms with E-state index in [1.54, 1.807) is 18.2 Å². The van der Waals surface area contributed by atoms with Crippen molar-refractivity contribution in [2.24, 2.45) is 0 Å². The monoisotopic (exact) mass is 451 g/mol. The predicted molar refractivity (Wildman–Crippen MR) is 106 cm³/mol. The van der Waals surface area contributed by atoms with E-state index in [1.807, 2.05) is 0 Å². The average molecular weight is 451 g/mol. The number of nitrogens with zero attached hydrogens (tertiary/aromatic N) is 1. The zero-order valence-electron chi connectivity index (χ0n) is 17.1. The quantitative estimate of drug-likeness (QED) is 0.248. The van der Waals surface area contributed by atoms with Gasteiger partial charge >= 0.3 is 17.9 Å². The van der Waals surface area contributed by atoms with E-state index in [1.165, 1.54) is 27.2 Å². The van der Waals surface area contributed by atoms with Crippen LogP contribution in [0.2, 0.25) is 0 Å². The fourth-order valence-electron chi connectivity index (χ4n) is 3.31. The van der Waals surface area contributed by atoms with Crippen molar-refractivity contribution in [3.63, 3.8) is 0 Å². The Bertz CT molecular complexity index is 944. The first-order valence-electron chi connectivity index (χ1n) is 9.21. The molecule has 1 aromatic rings. The molecule has 10 nitrogen and oxygen atoms in total. The molecule has 0 spiro atoms. The molecule has 3 atom stereocenters. The Hall–Kier alpha value is -2.89. The van der Waals surface area contributed by atoms with Crippen LogP contribution in [-0.2, 0) is 51.1 Å². The second kappa shape index (κ2) is 9.50. The van der Waals surface area contributed by atoms with E-state index in [9.17, 15) is 23.7 Å². The molecule has 3 unspecified atom stereocenters. The van der Waals surface area contributed by atoms with Gasteiger partial charge in [0.2, 0.25) is 11.5 Å². The van der Waals surface area contributed by atoms with Crippen LogP contribution < -0.4 is 0 Å². The summed E-state index contributed by atoms with van der Waals surface area (Å²) in [5, 5.41) is -0.816. The number of fused-ring (bicyclic) bond motifs is 1. The molecule has 0 N–H and O–H groups in total. The first kappa shape index (κ1) is 22.8. The van der Waals surface area contributed by atoms with Gasteiger partial charge in [-0.25, -0.2) is 9.59 Å². The van der Waals surface area contributed by atoms with Crippen LogP contribution in [0, 0.1) is 0 Å². The van der Waals surface area contributed by atoms with Gasteiger partial charge in [0.05, 0.1) is 12.7 Å². The third kappa shape index (κ3) is 4.58. The number of carbonyl (C=O) groups is 4. The number of benzene rings is 1. The molecule has 2 aliphatic rings. The van der Waals surface area contributed by atoms with Gasteiger partial charge in [0, 0.05) is 19.6 Å². The minimum absolute atomic E-state index is 0.0656. The van der Waals surface area contributed by atoms with Crippen LogP contribution in [-0.4, -0.2) is 71.3 Å². The minimum Gasteiger partial charge on any atom is -0.614 e. The summed E-state index contributed by atoms with van der Waals surface area (Å²) in [5.41, 5.74) is 0.938. The zero-order valence-corrected chi connectivity index (χ0v) is 17.9. The van der Waals surface area contributed by atoms with E-state index in [2.05, 4.69) is 4.74 Å². The van der Waals surface area contributed by atoms with Gasteiger partial charge in [0.25, 0.3) is 5.91 Å². The molecule has 0 saturated carbocycles. The molecular formula is C20H21NO9S. The van der Waals surface area contributed by atoms with E-state index in [0.717, 1.165) is 4.90 Å². The van der Waals surface area contributed by atoms with Crippen LogP contribution in [0.3, 0.4) is 0 Å². The van der Waals surface area contributed by atoms with Gasteiger partial charge < -0.3 is 23.5 Å². The number of methoxy groups -OCH3 is 2. The molecule has 3 rings (SSSR count). The maximum absolute atomic E-state index is 12.9. The molecule has 1 aromatic carbocycles. The normalized spacial score (nSPS) is 22.4. The summed E-state index contributed by atoms with van der Waals surface area (Å²) in [7, 11) is 2.58. The van der Waals surface area contributed by atoms with Gasteiger partial charge in [-0.1, -0.05) is 12.1 Å². The van der Waals surface area contributed by atoms with Crippen molar-refractivity contribution in [2.75, 3.05) is 26.6 Å². The number of carbonyl (C=O) groups excluding carboxylic acids is 4. The molecule has 0 radical (unpaired) electrons. The Morgan fingerprint density at radius 3 is 2.55 bits per heavy atom. The van der Waals surface area contributed by atoms with E-state index < -0.39 is 46.5 Å². The summed E-state index contributed by atoms with van der Waals surface area (Å²) >= 11 is -1.54. The van der Waals surface area contributed by atoms with Gasteiger partial charge in [-0.15, -0.1) is 0 Å². The average Bonchev–Trinajstić information content (AvgIpc) is 2.75. The third-order valence-electron chi connectivity index (χ3n) is 4.77. The minimum atomic E-state index is -1.54. The van der Waals surface area contributed by atoms with E-state index in [4.69, 9.17) is 14.2 Å². The Balaban J connectivity index is 1.82. The first-order chi connectivity index (χ1) is 14.8. The standard InChI is InChI=1S/C20H21NO9S/c1-11(22)29-9-14-10-31(26)18-16(27-2)17(23)21(18)15(14)20(25)30-8-12-5-4-6-13(7-12)19(24)28-3/h4-7,16,18H,8-10H2,1-3H3. The van der Waals surface area contributed by atoms with Crippen molar-refractivity contribution in [3.05, 3.63) is 46.7 Å². The van der Waals surface area contributed by atoms with Gasteiger partial charge in [0.1, 0.15) is 24.7 Å². The molecule has 1 fully saturated rings. The lowest BCUT2D eigenvalue weighted by molar-refractivity contribution is -0.164. The summed E-state index contributed by atoms with van der Waals surface area (Å²) in [6.45, 7) is 0.722. The summed E-state index contributed by atoms with van der Waals surface area (Å²) in [5.74, 6) is -2.55. The van der Waals surface area contributed by atoms with Crippen molar-refractivity contribution in [1.29, 1.82) is 0 Å². The molecule has 166 valence electrons. The molecular weight excluding hydrogens is 430 g/mol.